The number of carboxylic acids is 1. The van der Waals surface area contributed by atoms with Crippen LogP contribution in [0.2, 0.25) is 0 Å². The lowest BCUT2D eigenvalue weighted by Gasteiger charge is -2.39. The summed E-state index contributed by atoms with van der Waals surface area (Å²) in [5.74, 6) is 1.83. The molecule has 0 rings (SSSR count). The highest BCUT2D eigenvalue weighted by molar-refractivity contribution is 5.70. The zero-order valence-electron chi connectivity index (χ0n) is 58.3. The largest absolute Gasteiger partial charge is 0.481 e. The number of carbonyl (C=O) groups is 1. The molecule has 0 aromatic carbocycles. The summed E-state index contributed by atoms with van der Waals surface area (Å²) in [7, 11) is 0. The second kappa shape index (κ2) is 69.6. The van der Waals surface area contributed by atoms with Gasteiger partial charge in [0.05, 0.1) is 5.92 Å². The zero-order chi connectivity index (χ0) is 59.5. The van der Waals surface area contributed by atoms with Crippen LogP contribution in [0, 0.1) is 29.6 Å². The van der Waals surface area contributed by atoms with Gasteiger partial charge in [0, 0.05) is 0 Å². The predicted molar refractivity (Wildman–Crippen MR) is 373 cm³/mol. The van der Waals surface area contributed by atoms with Crippen molar-refractivity contribution in [2.75, 3.05) is 0 Å². The predicted octanol–water partition coefficient (Wildman–Crippen LogP) is 29.8. The number of carboxylic acid groups (broad SMARTS) is 1. The lowest BCUT2D eigenvalue weighted by atomic mass is 9.65. The van der Waals surface area contributed by atoms with Crippen molar-refractivity contribution in [3.8, 4) is 0 Å². The number of aliphatic carboxylic acids is 1. The monoisotopic (exact) mass is 1150 g/mol. The van der Waals surface area contributed by atoms with Gasteiger partial charge in [-0.15, -0.1) is 0 Å². The fourth-order valence-corrected chi connectivity index (χ4v) is 14.8. The van der Waals surface area contributed by atoms with Crippen LogP contribution >= 0.6 is 0 Å². The average Bonchev–Trinajstić information content (AvgIpc) is 3.64. The van der Waals surface area contributed by atoms with E-state index in [2.05, 4.69) is 41.5 Å². The van der Waals surface area contributed by atoms with E-state index in [9.17, 15) is 9.90 Å². The lowest BCUT2D eigenvalue weighted by molar-refractivity contribution is -0.145. The molecule has 0 aliphatic heterocycles. The summed E-state index contributed by atoms with van der Waals surface area (Å²) >= 11 is 0. The number of hydrogen-bond donors (Lipinski definition) is 1. The van der Waals surface area contributed by atoms with Crippen molar-refractivity contribution in [1.82, 2.24) is 0 Å². The minimum Gasteiger partial charge on any atom is -0.481 e. The SMILES string of the molecule is CCCCCCCCCCCCCC(CC(CCCCCCCCCC)CCCCCCCCCCCC)C(CCCCCCCCCCCCC)C(CCCCCCCCCCCCC)C(CCCCCCCCCCCC)C(=O)O. The van der Waals surface area contributed by atoms with E-state index in [0.717, 1.165) is 18.8 Å². The Hall–Kier alpha value is -0.530. The molecular weight excluding hydrogens is 993 g/mol. The molecule has 0 heterocycles. The molecule has 0 aliphatic carbocycles. The molecule has 82 heavy (non-hydrogen) atoms. The normalized spacial score (nSPS) is 13.7. The molecule has 0 aromatic heterocycles. The average molecular weight is 1150 g/mol. The van der Waals surface area contributed by atoms with E-state index >= 15 is 0 Å². The molecule has 0 aromatic rings. The van der Waals surface area contributed by atoms with Gasteiger partial charge in [-0.3, -0.25) is 4.79 Å². The molecule has 0 amide bonds. The molecule has 0 aliphatic rings. The molecule has 0 radical (unpaired) electrons. The molecule has 5 atom stereocenters. The van der Waals surface area contributed by atoms with Crippen molar-refractivity contribution < 1.29 is 9.90 Å². The molecule has 0 bridgehead atoms. The Balaban J connectivity index is 6.87. The van der Waals surface area contributed by atoms with Crippen molar-refractivity contribution in [1.29, 1.82) is 0 Å². The van der Waals surface area contributed by atoms with Crippen molar-refractivity contribution in [3.05, 3.63) is 0 Å². The Morgan fingerprint density at radius 1 is 0.220 bits per heavy atom. The highest BCUT2D eigenvalue weighted by atomic mass is 16.4. The number of hydrogen-bond acceptors (Lipinski definition) is 1. The van der Waals surface area contributed by atoms with Gasteiger partial charge in [0.2, 0.25) is 0 Å². The highest BCUT2D eigenvalue weighted by Crippen LogP contribution is 2.44. The van der Waals surface area contributed by atoms with Crippen molar-refractivity contribution in [3.63, 3.8) is 0 Å². The Kier molecular flexibility index (Phi) is 69.1. The van der Waals surface area contributed by atoms with Crippen LogP contribution < -0.4 is 0 Å². The summed E-state index contributed by atoms with van der Waals surface area (Å²) in [6.45, 7) is 14.0. The van der Waals surface area contributed by atoms with E-state index in [-0.39, 0.29) is 5.92 Å². The third-order valence-electron chi connectivity index (χ3n) is 20.4. The smallest absolute Gasteiger partial charge is 0.306 e. The van der Waals surface area contributed by atoms with Crippen molar-refractivity contribution in [2.24, 2.45) is 29.6 Å². The molecule has 5 unspecified atom stereocenters. The lowest BCUT2D eigenvalue weighted by Crippen LogP contribution is -2.35. The molecular formula is C80H160O2. The topological polar surface area (TPSA) is 37.3 Å². The summed E-state index contributed by atoms with van der Waals surface area (Å²) in [6, 6.07) is 0. The first-order valence-electron chi connectivity index (χ1n) is 39.7. The maximum atomic E-state index is 14.1. The van der Waals surface area contributed by atoms with Crippen LogP contribution in [0.4, 0.5) is 0 Å². The summed E-state index contributed by atoms with van der Waals surface area (Å²) in [5.41, 5.74) is 0. The Morgan fingerprint density at radius 3 is 0.634 bits per heavy atom. The van der Waals surface area contributed by atoms with Gasteiger partial charge >= 0.3 is 5.97 Å². The molecule has 0 saturated carbocycles. The van der Waals surface area contributed by atoms with Gasteiger partial charge in [-0.25, -0.2) is 0 Å². The van der Waals surface area contributed by atoms with Crippen LogP contribution in [-0.4, -0.2) is 11.1 Å². The van der Waals surface area contributed by atoms with E-state index in [1.165, 1.54) is 424 Å². The first-order valence-corrected chi connectivity index (χ1v) is 39.7. The fourth-order valence-electron chi connectivity index (χ4n) is 14.8. The summed E-state index contributed by atoms with van der Waals surface area (Å²) in [4.78, 5) is 14.1. The number of unbranched alkanes of at least 4 members (excludes halogenated alkanes) is 55. The Bertz CT molecular complexity index is 1160. The standard InChI is InChI=1S/C80H160O2/c1-7-13-19-25-31-37-42-46-52-58-64-70-76(74-75(68-62-56-50-36-30-24-18-12-6)69-63-57-51-45-40-34-28-22-16-10-4)77(71-65-59-53-48-43-38-32-26-20-14-8-2)78(72-66-60-54-49-44-39-33-27-21-15-9-3)79(80(81)82)73-67-61-55-47-41-35-29-23-17-11-5/h75-79H,7-74H2,1-6H3,(H,81,82). The second-order valence-electron chi connectivity index (χ2n) is 28.3. The minimum atomic E-state index is -0.428. The summed E-state index contributed by atoms with van der Waals surface area (Å²) in [5, 5.41) is 11.6. The molecule has 2 nitrogen and oxygen atoms in total. The van der Waals surface area contributed by atoms with E-state index in [1.807, 2.05) is 0 Å². The van der Waals surface area contributed by atoms with Crippen LogP contribution in [0.3, 0.4) is 0 Å². The van der Waals surface area contributed by atoms with Gasteiger partial charge in [0.1, 0.15) is 0 Å². The zero-order valence-corrected chi connectivity index (χ0v) is 58.3. The van der Waals surface area contributed by atoms with Gasteiger partial charge < -0.3 is 5.11 Å². The van der Waals surface area contributed by atoms with E-state index in [0.29, 0.717) is 17.8 Å². The van der Waals surface area contributed by atoms with E-state index in [1.54, 1.807) is 0 Å². The van der Waals surface area contributed by atoms with Crippen LogP contribution in [0.15, 0.2) is 0 Å². The van der Waals surface area contributed by atoms with Gasteiger partial charge in [0.15, 0.2) is 0 Å². The maximum Gasteiger partial charge on any atom is 0.306 e. The van der Waals surface area contributed by atoms with Gasteiger partial charge in [0.25, 0.3) is 0 Å². The molecule has 1 N–H and O–H groups in total. The summed E-state index contributed by atoms with van der Waals surface area (Å²) in [6.07, 6.45) is 93.8. The third-order valence-corrected chi connectivity index (χ3v) is 20.4. The summed E-state index contributed by atoms with van der Waals surface area (Å²) < 4.78 is 0. The molecule has 0 saturated heterocycles. The first-order chi connectivity index (χ1) is 40.5. The van der Waals surface area contributed by atoms with Crippen molar-refractivity contribution in [2.45, 2.75) is 478 Å². The second-order valence-corrected chi connectivity index (χ2v) is 28.3. The first kappa shape index (κ1) is 81.5. The minimum absolute atomic E-state index is 0.164. The van der Waals surface area contributed by atoms with Crippen LogP contribution in [0.25, 0.3) is 0 Å². The Morgan fingerprint density at radius 2 is 0.402 bits per heavy atom. The van der Waals surface area contributed by atoms with Gasteiger partial charge in [-0.1, -0.05) is 452 Å². The van der Waals surface area contributed by atoms with Crippen molar-refractivity contribution >= 4 is 5.97 Å². The molecule has 2 heteroatoms. The van der Waals surface area contributed by atoms with E-state index < -0.39 is 5.97 Å². The quantitative estimate of drug-likeness (QED) is 0.0616. The van der Waals surface area contributed by atoms with E-state index in [4.69, 9.17) is 0 Å². The Labute approximate surface area is 521 Å². The van der Waals surface area contributed by atoms with Crippen LogP contribution in [-0.2, 0) is 4.79 Å². The van der Waals surface area contributed by atoms with Crippen LogP contribution in [0.1, 0.15) is 478 Å². The van der Waals surface area contributed by atoms with Gasteiger partial charge in [-0.2, -0.15) is 0 Å². The molecule has 0 fully saturated rings. The maximum absolute atomic E-state index is 14.1. The fraction of sp³-hybridized carbons (Fsp3) is 0.988. The van der Waals surface area contributed by atoms with Gasteiger partial charge in [-0.05, 0) is 49.4 Å². The highest BCUT2D eigenvalue weighted by Gasteiger charge is 2.38. The van der Waals surface area contributed by atoms with Crippen LogP contribution in [0.5, 0.6) is 0 Å². The third kappa shape index (κ3) is 57.2. The number of rotatable bonds is 73. The molecule has 0 spiro atoms. The molecule has 492 valence electrons.